The second-order valence-corrected chi connectivity index (χ2v) is 8.52. The molecule has 0 atom stereocenters. The van der Waals surface area contributed by atoms with Crippen LogP contribution in [-0.2, 0) is 0 Å². The molecule has 0 saturated heterocycles. The second kappa shape index (κ2) is 6.01. The van der Waals surface area contributed by atoms with Gasteiger partial charge in [-0.05, 0) is 26.7 Å². The third-order valence-corrected chi connectivity index (χ3v) is 6.96. The van der Waals surface area contributed by atoms with Crippen LogP contribution in [0.2, 0.25) is 0 Å². The van der Waals surface area contributed by atoms with Crippen LogP contribution in [0.4, 0.5) is 5.82 Å². The molecule has 0 aromatic heterocycles. The molecule has 2 heterocycles. The number of hydrogen-bond acceptors (Lipinski definition) is 5. The van der Waals surface area contributed by atoms with E-state index in [1.807, 2.05) is 18.7 Å². The molecular formula is C15H21N3OS2. The van der Waals surface area contributed by atoms with Gasteiger partial charge in [0.25, 0.3) is 0 Å². The molecule has 21 heavy (non-hydrogen) atoms. The van der Waals surface area contributed by atoms with Gasteiger partial charge in [0.15, 0.2) is 5.82 Å². The van der Waals surface area contributed by atoms with E-state index >= 15 is 0 Å². The predicted octanol–water partition coefficient (Wildman–Crippen LogP) is 3.75. The Bertz CT molecular complexity index is 669. The normalized spacial score (nSPS) is 17.2. The Labute approximate surface area is 133 Å². The Balaban J connectivity index is 2.01. The van der Waals surface area contributed by atoms with Crippen LogP contribution in [0.25, 0.3) is 5.69 Å². The van der Waals surface area contributed by atoms with Crippen molar-refractivity contribution in [2.45, 2.75) is 61.8 Å². The number of rotatable bonds is 2. The van der Waals surface area contributed by atoms with Gasteiger partial charge in [-0.25, -0.2) is 4.79 Å². The summed E-state index contributed by atoms with van der Waals surface area (Å²) in [6.07, 6.45) is 7.84. The fraction of sp³-hybridized carbons (Fsp3) is 0.600. The number of nitrogens with two attached hydrogens (primary N) is 1. The van der Waals surface area contributed by atoms with Crippen LogP contribution in [0, 0.1) is 13.8 Å². The van der Waals surface area contributed by atoms with E-state index in [4.69, 9.17) is 5.73 Å². The molecule has 0 amide bonds. The molecule has 3 aliphatic rings. The van der Waals surface area contributed by atoms with Gasteiger partial charge in [0.05, 0.1) is 4.21 Å². The number of fused-ring (bicyclic) bond motifs is 1. The molecular weight excluding hydrogens is 302 g/mol. The number of anilines is 1. The number of hydrogen-bond donors (Lipinski definition) is 1. The molecule has 1 aliphatic carbocycles. The highest BCUT2D eigenvalue weighted by molar-refractivity contribution is 8.01. The number of imidazole rings is 1. The van der Waals surface area contributed by atoms with Gasteiger partial charge < -0.3 is 5.73 Å². The molecule has 6 heteroatoms. The van der Waals surface area contributed by atoms with E-state index in [0.717, 1.165) is 20.5 Å². The average molecular weight is 323 g/mol. The minimum Gasteiger partial charge on any atom is -0.382 e. The van der Waals surface area contributed by atoms with Crippen molar-refractivity contribution in [1.29, 1.82) is 0 Å². The lowest BCUT2D eigenvalue weighted by atomic mass is 10.2. The Kier molecular flexibility index (Phi) is 4.26. The monoisotopic (exact) mass is 323 g/mol. The highest BCUT2D eigenvalue weighted by atomic mass is 32.2. The highest BCUT2D eigenvalue weighted by Gasteiger charge is 2.24. The molecule has 0 aromatic carbocycles. The van der Waals surface area contributed by atoms with Crippen LogP contribution in [0.5, 0.6) is 0 Å². The molecule has 0 radical (unpaired) electrons. The van der Waals surface area contributed by atoms with Crippen molar-refractivity contribution in [1.82, 2.24) is 9.55 Å². The molecule has 0 unspecified atom stereocenters. The first kappa shape index (κ1) is 14.9. The molecule has 1 fully saturated rings. The quantitative estimate of drug-likeness (QED) is 0.855. The Morgan fingerprint density at radius 1 is 1.24 bits per heavy atom. The second-order valence-electron chi connectivity index (χ2n) is 5.73. The van der Waals surface area contributed by atoms with Gasteiger partial charge >= 0.3 is 5.69 Å². The molecule has 0 spiro atoms. The van der Waals surface area contributed by atoms with Crippen LogP contribution in [-0.4, -0.2) is 14.8 Å². The SMILES string of the molecule is Cc1sc(SC2CCCCCC2)c2c(N)nc(=O)n-2c1C. The third-order valence-electron chi connectivity index (χ3n) is 4.23. The zero-order valence-electron chi connectivity index (χ0n) is 12.5. The topological polar surface area (TPSA) is 60.9 Å². The van der Waals surface area contributed by atoms with Gasteiger partial charge in [-0.1, -0.05) is 25.7 Å². The Hall–Kier alpha value is -1.01. The first-order valence-corrected chi connectivity index (χ1v) is 9.22. The molecule has 2 aliphatic heterocycles. The lowest BCUT2D eigenvalue weighted by Gasteiger charge is -2.18. The van der Waals surface area contributed by atoms with Crippen molar-refractivity contribution >= 4 is 28.9 Å². The minimum atomic E-state index is -0.251. The summed E-state index contributed by atoms with van der Waals surface area (Å²) in [5.41, 5.74) is 7.52. The largest absolute Gasteiger partial charge is 0.382 e. The molecule has 0 bridgehead atoms. The predicted molar refractivity (Wildman–Crippen MR) is 90.1 cm³/mol. The molecule has 2 N–H and O–H groups in total. The van der Waals surface area contributed by atoms with E-state index in [9.17, 15) is 4.79 Å². The van der Waals surface area contributed by atoms with Crippen molar-refractivity contribution in [3.05, 3.63) is 21.1 Å². The fourth-order valence-electron chi connectivity index (χ4n) is 2.93. The number of aryl methyl sites for hydroxylation is 1. The summed E-state index contributed by atoms with van der Waals surface area (Å²) < 4.78 is 2.83. The summed E-state index contributed by atoms with van der Waals surface area (Å²) in [5, 5.41) is 0.638. The lowest BCUT2D eigenvalue weighted by Crippen LogP contribution is -2.17. The number of thioether (sulfide) groups is 1. The van der Waals surface area contributed by atoms with Gasteiger partial charge in [-0.3, -0.25) is 4.57 Å². The number of nitrogen functional groups attached to an aromatic ring is 1. The third kappa shape index (κ3) is 2.83. The molecule has 114 valence electrons. The molecule has 0 aromatic rings. The van der Waals surface area contributed by atoms with Crippen LogP contribution < -0.4 is 11.4 Å². The zero-order chi connectivity index (χ0) is 15.0. The summed E-state index contributed by atoms with van der Waals surface area (Å²) in [5.74, 6) is 0.371. The molecule has 1 saturated carbocycles. The van der Waals surface area contributed by atoms with Crippen molar-refractivity contribution < 1.29 is 0 Å². The van der Waals surface area contributed by atoms with E-state index in [1.54, 1.807) is 15.9 Å². The maximum absolute atomic E-state index is 12.0. The first-order chi connectivity index (χ1) is 10.1. The van der Waals surface area contributed by atoms with Crippen LogP contribution in [0.1, 0.15) is 49.1 Å². The smallest absolute Gasteiger partial charge is 0.354 e. The molecule has 3 rings (SSSR count). The van der Waals surface area contributed by atoms with E-state index in [2.05, 4.69) is 11.9 Å². The zero-order valence-corrected chi connectivity index (χ0v) is 14.1. The van der Waals surface area contributed by atoms with E-state index in [-0.39, 0.29) is 5.69 Å². The average Bonchev–Trinajstić information content (AvgIpc) is 2.63. The summed E-state index contributed by atoms with van der Waals surface area (Å²) in [6.45, 7) is 4.02. The van der Waals surface area contributed by atoms with Gasteiger partial charge in [-0.2, -0.15) is 4.98 Å². The van der Waals surface area contributed by atoms with E-state index in [0.29, 0.717) is 11.1 Å². The summed E-state index contributed by atoms with van der Waals surface area (Å²) in [4.78, 5) is 17.1. The van der Waals surface area contributed by atoms with Gasteiger partial charge in [0, 0.05) is 15.8 Å². The van der Waals surface area contributed by atoms with Crippen molar-refractivity contribution in [3.63, 3.8) is 0 Å². The standard InChI is InChI=1S/C15H21N3OS2/c1-9-10(2)20-14(12-13(16)17-15(19)18(9)12)21-11-7-5-3-4-6-8-11/h11H,3-8H2,1-2H3,(H2,16,17,19). The summed E-state index contributed by atoms with van der Waals surface area (Å²) in [7, 11) is 0. The summed E-state index contributed by atoms with van der Waals surface area (Å²) in [6, 6.07) is 0. The number of aromatic nitrogens is 2. The van der Waals surface area contributed by atoms with E-state index in [1.165, 1.54) is 38.5 Å². The maximum atomic E-state index is 12.0. The first-order valence-electron chi connectivity index (χ1n) is 7.53. The lowest BCUT2D eigenvalue weighted by molar-refractivity contribution is 0.702. The van der Waals surface area contributed by atoms with E-state index < -0.39 is 0 Å². The van der Waals surface area contributed by atoms with Crippen LogP contribution >= 0.6 is 23.1 Å². The minimum absolute atomic E-state index is 0.251. The van der Waals surface area contributed by atoms with Crippen molar-refractivity contribution in [3.8, 4) is 5.69 Å². The maximum Gasteiger partial charge on any atom is 0.354 e. The van der Waals surface area contributed by atoms with Crippen LogP contribution in [0.3, 0.4) is 0 Å². The van der Waals surface area contributed by atoms with Crippen molar-refractivity contribution in [2.75, 3.05) is 5.73 Å². The Morgan fingerprint density at radius 3 is 2.57 bits per heavy atom. The fourth-order valence-corrected chi connectivity index (χ4v) is 5.90. The van der Waals surface area contributed by atoms with Gasteiger partial charge in [0.1, 0.15) is 5.69 Å². The van der Waals surface area contributed by atoms with Gasteiger partial charge in [0.2, 0.25) is 0 Å². The van der Waals surface area contributed by atoms with Crippen molar-refractivity contribution in [2.24, 2.45) is 0 Å². The summed E-state index contributed by atoms with van der Waals surface area (Å²) >= 11 is 3.64. The van der Waals surface area contributed by atoms with Crippen LogP contribution in [0.15, 0.2) is 9.00 Å². The van der Waals surface area contributed by atoms with Gasteiger partial charge in [-0.15, -0.1) is 23.1 Å². The Morgan fingerprint density at radius 2 is 1.90 bits per heavy atom. The number of nitrogens with zero attached hydrogens (tertiary/aromatic N) is 2. The molecule has 4 nitrogen and oxygen atoms in total. The highest BCUT2D eigenvalue weighted by Crippen LogP contribution is 2.41.